The molecular weight excluding hydrogens is 421 g/mol. The molecule has 0 spiro atoms. The predicted octanol–water partition coefficient (Wildman–Crippen LogP) is 6.10. The van der Waals surface area contributed by atoms with Crippen LogP contribution in [0.1, 0.15) is 17.1 Å². The van der Waals surface area contributed by atoms with Gasteiger partial charge in [0, 0.05) is 11.4 Å². The van der Waals surface area contributed by atoms with E-state index in [0.717, 1.165) is 39.1 Å². The Balaban J connectivity index is 1.40. The van der Waals surface area contributed by atoms with Gasteiger partial charge in [0.05, 0.1) is 35.2 Å². The van der Waals surface area contributed by atoms with E-state index >= 15 is 0 Å². The van der Waals surface area contributed by atoms with Crippen LogP contribution in [0.2, 0.25) is 0 Å². The van der Waals surface area contributed by atoms with Crippen molar-refractivity contribution in [2.24, 2.45) is 0 Å². The maximum absolute atomic E-state index is 13.2. The highest BCUT2D eigenvalue weighted by Gasteiger charge is 2.14. The number of fused-ring (bicyclic) bond motifs is 1. The molecule has 32 heavy (non-hydrogen) atoms. The van der Waals surface area contributed by atoms with Gasteiger partial charge in [-0.1, -0.05) is 41.6 Å². The maximum Gasteiger partial charge on any atom is 0.173 e. The quantitative estimate of drug-likeness (QED) is 0.298. The number of benzene rings is 3. The SMILES string of the molecule is Cc1ccc(-n2c(CNc3ccc(F)cc3)cnc2SCc2nc3ccccc3[nH]2)cc1. The zero-order valence-corrected chi connectivity index (χ0v) is 18.4. The Morgan fingerprint density at radius 2 is 1.78 bits per heavy atom. The van der Waals surface area contributed by atoms with Gasteiger partial charge in [0.15, 0.2) is 5.16 Å². The van der Waals surface area contributed by atoms with Gasteiger partial charge in [0.25, 0.3) is 0 Å². The van der Waals surface area contributed by atoms with Crippen molar-refractivity contribution < 1.29 is 4.39 Å². The Kier molecular flexibility index (Phi) is 5.64. The van der Waals surface area contributed by atoms with Crippen molar-refractivity contribution in [3.05, 3.63) is 102 Å². The van der Waals surface area contributed by atoms with Gasteiger partial charge in [-0.05, 0) is 55.5 Å². The Morgan fingerprint density at radius 1 is 1.00 bits per heavy atom. The van der Waals surface area contributed by atoms with Gasteiger partial charge in [-0.3, -0.25) is 4.57 Å². The average Bonchev–Trinajstić information content (AvgIpc) is 3.41. The first-order chi connectivity index (χ1) is 15.7. The van der Waals surface area contributed by atoms with E-state index in [4.69, 9.17) is 4.98 Å². The summed E-state index contributed by atoms with van der Waals surface area (Å²) in [5.74, 6) is 1.35. The minimum absolute atomic E-state index is 0.246. The predicted molar refractivity (Wildman–Crippen MR) is 128 cm³/mol. The number of H-pyrrole nitrogens is 1. The minimum Gasteiger partial charge on any atom is -0.379 e. The zero-order chi connectivity index (χ0) is 21.9. The molecule has 0 bridgehead atoms. The third kappa shape index (κ3) is 4.38. The third-order valence-electron chi connectivity index (χ3n) is 5.19. The molecular formula is C25H22FN5S. The molecule has 0 aliphatic carbocycles. The van der Waals surface area contributed by atoms with Crippen molar-refractivity contribution in [3.8, 4) is 5.69 Å². The van der Waals surface area contributed by atoms with Crippen LogP contribution in [0.3, 0.4) is 0 Å². The van der Waals surface area contributed by atoms with Crippen LogP contribution in [0.15, 0.2) is 84.1 Å². The summed E-state index contributed by atoms with van der Waals surface area (Å²) in [6.45, 7) is 2.64. The van der Waals surface area contributed by atoms with Crippen LogP contribution in [0.4, 0.5) is 10.1 Å². The Bertz CT molecular complexity index is 1310. The molecule has 0 aliphatic heterocycles. The summed E-state index contributed by atoms with van der Waals surface area (Å²) >= 11 is 1.64. The van der Waals surface area contributed by atoms with E-state index in [2.05, 4.69) is 51.0 Å². The lowest BCUT2D eigenvalue weighted by Crippen LogP contribution is -2.07. The molecule has 0 saturated carbocycles. The van der Waals surface area contributed by atoms with Crippen molar-refractivity contribution in [1.29, 1.82) is 0 Å². The molecule has 0 radical (unpaired) electrons. The minimum atomic E-state index is -0.246. The lowest BCUT2D eigenvalue weighted by molar-refractivity contribution is 0.628. The van der Waals surface area contributed by atoms with Crippen LogP contribution in [0, 0.1) is 12.7 Å². The van der Waals surface area contributed by atoms with Gasteiger partial charge in [-0.25, -0.2) is 14.4 Å². The maximum atomic E-state index is 13.2. The molecule has 0 fully saturated rings. The molecule has 0 unspecified atom stereocenters. The number of aromatic nitrogens is 4. The lowest BCUT2D eigenvalue weighted by Gasteiger charge is -2.13. The van der Waals surface area contributed by atoms with E-state index in [0.29, 0.717) is 12.3 Å². The molecule has 0 atom stereocenters. The molecule has 7 heteroatoms. The summed E-state index contributed by atoms with van der Waals surface area (Å²) in [6, 6.07) is 22.8. The second-order valence-electron chi connectivity index (χ2n) is 7.55. The number of para-hydroxylation sites is 2. The zero-order valence-electron chi connectivity index (χ0n) is 17.5. The summed E-state index contributed by atoms with van der Waals surface area (Å²) in [4.78, 5) is 12.7. The monoisotopic (exact) mass is 443 g/mol. The summed E-state index contributed by atoms with van der Waals surface area (Å²) < 4.78 is 15.4. The van der Waals surface area contributed by atoms with Crippen molar-refractivity contribution in [1.82, 2.24) is 19.5 Å². The number of nitrogens with zero attached hydrogens (tertiary/aromatic N) is 3. The first-order valence-electron chi connectivity index (χ1n) is 10.4. The fourth-order valence-electron chi connectivity index (χ4n) is 3.53. The standard InChI is InChI=1S/C25H22FN5S/c1-17-6-12-20(13-7-17)31-21(14-27-19-10-8-18(26)9-11-19)15-28-25(31)32-16-24-29-22-4-2-3-5-23(22)30-24/h2-13,15,27H,14,16H2,1H3,(H,29,30). The van der Waals surface area contributed by atoms with Crippen LogP contribution in [0.25, 0.3) is 16.7 Å². The number of imidazole rings is 2. The van der Waals surface area contributed by atoms with Crippen LogP contribution in [0.5, 0.6) is 0 Å². The molecule has 0 aliphatic rings. The number of hydrogen-bond acceptors (Lipinski definition) is 4. The molecule has 5 aromatic rings. The number of halogens is 1. The van der Waals surface area contributed by atoms with Crippen LogP contribution < -0.4 is 5.32 Å². The molecule has 3 aromatic carbocycles. The van der Waals surface area contributed by atoms with Crippen LogP contribution in [-0.4, -0.2) is 19.5 Å². The number of aromatic amines is 1. The second kappa shape index (κ2) is 8.88. The van der Waals surface area contributed by atoms with Crippen molar-refractivity contribution in [2.75, 3.05) is 5.32 Å². The van der Waals surface area contributed by atoms with Gasteiger partial charge in [0.1, 0.15) is 11.6 Å². The molecule has 5 nitrogen and oxygen atoms in total. The highest BCUT2D eigenvalue weighted by molar-refractivity contribution is 7.98. The summed E-state index contributed by atoms with van der Waals surface area (Å²) in [7, 11) is 0. The normalized spacial score (nSPS) is 11.2. The Morgan fingerprint density at radius 3 is 2.56 bits per heavy atom. The van der Waals surface area contributed by atoms with E-state index in [1.54, 1.807) is 23.9 Å². The molecule has 0 saturated heterocycles. The Labute approximate surface area is 189 Å². The molecule has 5 rings (SSSR count). The molecule has 2 aromatic heterocycles. The summed E-state index contributed by atoms with van der Waals surface area (Å²) in [5.41, 5.74) is 6.14. The molecule has 2 N–H and O–H groups in total. The van der Waals surface area contributed by atoms with Gasteiger partial charge < -0.3 is 10.3 Å². The van der Waals surface area contributed by atoms with Gasteiger partial charge in [0.2, 0.25) is 0 Å². The number of nitrogens with one attached hydrogen (secondary N) is 2. The number of rotatable bonds is 7. The molecule has 2 heterocycles. The topological polar surface area (TPSA) is 58.5 Å². The van der Waals surface area contributed by atoms with Gasteiger partial charge in [-0.2, -0.15) is 0 Å². The number of aryl methyl sites for hydroxylation is 1. The average molecular weight is 444 g/mol. The van der Waals surface area contributed by atoms with Crippen LogP contribution >= 0.6 is 11.8 Å². The van der Waals surface area contributed by atoms with E-state index in [1.165, 1.54) is 17.7 Å². The van der Waals surface area contributed by atoms with E-state index in [9.17, 15) is 4.39 Å². The highest BCUT2D eigenvalue weighted by atomic mass is 32.2. The summed E-state index contributed by atoms with van der Waals surface area (Å²) in [6.07, 6.45) is 1.89. The molecule has 0 amide bonds. The first-order valence-corrected chi connectivity index (χ1v) is 11.3. The number of anilines is 1. The third-order valence-corrected chi connectivity index (χ3v) is 6.15. The summed E-state index contributed by atoms with van der Waals surface area (Å²) in [5, 5.41) is 4.25. The van der Waals surface area contributed by atoms with Crippen LogP contribution in [-0.2, 0) is 12.3 Å². The fourth-order valence-corrected chi connectivity index (χ4v) is 4.41. The van der Waals surface area contributed by atoms with Crippen molar-refractivity contribution in [2.45, 2.75) is 24.4 Å². The van der Waals surface area contributed by atoms with Crippen molar-refractivity contribution >= 4 is 28.5 Å². The smallest absolute Gasteiger partial charge is 0.173 e. The highest BCUT2D eigenvalue weighted by Crippen LogP contribution is 2.27. The van der Waals surface area contributed by atoms with Crippen molar-refractivity contribution in [3.63, 3.8) is 0 Å². The first kappa shape index (κ1) is 20.3. The van der Waals surface area contributed by atoms with Gasteiger partial charge in [-0.15, -0.1) is 0 Å². The van der Waals surface area contributed by atoms with Gasteiger partial charge >= 0.3 is 0 Å². The Hall–Kier alpha value is -3.58. The fraction of sp³-hybridized carbons (Fsp3) is 0.120. The van der Waals surface area contributed by atoms with E-state index in [1.807, 2.05) is 30.5 Å². The molecule has 160 valence electrons. The van der Waals surface area contributed by atoms with E-state index < -0.39 is 0 Å². The van der Waals surface area contributed by atoms with E-state index in [-0.39, 0.29) is 5.82 Å². The number of thioether (sulfide) groups is 1. The number of hydrogen-bond donors (Lipinski definition) is 2. The second-order valence-corrected chi connectivity index (χ2v) is 8.50. The lowest BCUT2D eigenvalue weighted by atomic mass is 10.2. The largest absolute Gasteiger partial charge is 0.379 e.